The number of aromatic nitrogens is 1. The molecule has 0 radical (unpaired) electrons. The molecule has 0 spiro atoms. The summed E-state index contributed by atoms with van der Waals surface area (Å²) in [6.45, 7) is 0. The summed E-state index contributed by atoms with van der Waals surface area (Å²) in [7, 11) is 0. The van der Waals surface area contributed by atoms with Crippen LogP contribution in [0.4, 0.5) is 23.2 Å². The van der Waals surface area contributed by atoms with E-state index in [1.165, 1.54) is 0 Å². The van der Waals surface area contributed by atoms with Crippen LogP contribution in [0.2, 0.25) is 5.02 Å². The maximum Gasteiger partial charge on any atom is 0.273 e. The molecular formula is C11H3ClF4N2O3. The smallest absolute Gasteiger partial charge is 0.273 e. The first-order valence-corrected chi connectivity index (χ1v) is 5.51. The molecule has 1 aromatic heterocycles. The van der Waals surface area contributed by atoms with Crippen LogP contribution in [0.15, 0.2) is 18.2 Å². The van der Waals surface area contributed by atoms with E-state index in [0.717, 1.165) is 18.2 Å². The van der Waals surface area contributed by atoms with Gasteiger partial charge in [0.2, 0.25) is 17.4 Å². The summed E-state index contributed by atoms with van der Waals surface area (Å²) in [5.74, 6) is -9.63. The normalized spacial score (nSPS) is 10.5. The van der Waals surface area contributed by atoms with Crippen molar-refractivity contribution in [3.63, 3.8) is 0 Å². The Kier molecular flexibility index (Phi) is 3.94. The summed E-state index contributed by atoms with van der Waals surface area (Å²) in [6, 6.07) is 2.78. The summed E-state index contributed by atoms with van der Waals surface area (Å²) in [4.78, 5) is 12.1. The number of nitrogens with zero attached hydrogens (tertiary/aromatic N) is 2. The Morgan fingerprint density at radius 3 is 2.24 bits per heavy atom. The zero-order chi connectivity index (χ0) is 15.7. The Balaban J connectivity index is 2.53. The van der Waals surface area contributed by atoms with Crippen LogP contribution in [0.5, 0.6) is 11.5 Å². The van der Waals surface area contributed by atoms with Crippen molar-refractivity contribution in [2.45, 2.75) is 0 Å². The Morgan fingerprint density at radius 2 is 1.71 bits per heavy atom. The lowest BCUT2D eigenvalue weighted by Gasteiger charge is -2.09. The van der Waals surface area contributed by atoms with E-state index in [2.05, 4.69) is 9.72 Å². The third-order valence-electron chi connectivity index (χ3n) is 2.29. The lowest BCUT2D eigenvalue weighted by Crippen LogP contribution is -2.03. The fourth-order valence-electron chi connectivity index (χ4n) is 1.35. The van der Waals surface area contributed by atoms with Gasteiger partial charge in [-0.3, -0.25) is 10.1 Å². The molecule has 0 aliphatic rings. The minimum absolute atomic E-state index is 0.253. The molecule has 0 amide bonds. The van der Waals surface area contributed by atoms with Crippen LogP contribution in [0.25, 0.3) is 0 Å². The minimum atomic E-state index is -1.93. The van der Waals surface area contributed by atoms with Crippen molar-refractivity contribution in [3.8, 4) is 11.5 Å². The average Bonchev–Trinajstić information content (AvgIpc) is 2.43. The average molecular weight is 323 g/mol. The Morgan fingerprint density at radius 1 is 1.14 bits per heavy atom. The van der Waals surface area contributed by atoms with E-state index >= 15 is 0 Å². The summed E-state index contributed by atoms with van der Waals surface area (Å²) >= 11 is 5.64. The second-order valence-electron chi connectivity index (χ2n) is 3.62. The van der Waals surface area contributed by atoms with E-state index < -0.39 is 45.6 Å². The highest BCUT2D eigenvalue weighted by molar-refractivity contribution is 6.32. The highest BCUT2D eigenvalue weighted by atomic mass is 35.5. The monoisotopic (exact) mass is 322 g/mol. The van der Waals surface area contributed by atoms with Crippen LogP contribution in [-0.2, 0) is 0 Å². The van der Waals surface area contributed by atoms with Crippen molar-refractivity contribution in [3.05, 3.63) is 56.9 Å². The summed E-state index contributed by atoms with van der Waals surface area (Å²) in [6.07, 6.45) is 0. The first-order valence-electron chi connectivity index (χ1n) is 5.13. The van der Waals surface area contributed by atoms with Crippen LogP contribution >= 0.6 is 11.6 Å². The lowest BCUT2D eigenvalue weighted by atomic mass is 10.3. The zero-order valence-electron chi connectivity index (χ0n) is 9.74. The number of benzene rings is 1. The van der Waals surface area contributed by atoms with Crippen LogP contribution in [0.1, 0.15) is 0 Å². The highest BCUT2D eigenvalue weighted by Gasteiger charge is 2.24. The second-order valence-corrected chi connectivity index (χ2v) is 4.03. The van der Waals surface area contributed by atoms with E-state index in [9.17, 15) is 27.7 Å². The van der Waals surface area contributed by atoms with Crippen molar-refractivity contribution in [2.24, 2.45) is 0 Å². The summed E-state index contributed by atoms with van der Waals surface area (Å²) in [5, 5.41) is 10.3. The van der Waals surface area contributed by atoms with Crippen LogP contribution in [0.3, 0.4) is 0 Å². The molecule has 0 fully saturated rings. The first-order chi connectivity index (χ1) is 9.81. The number of hydrogen-bond donors (Lipinski definition) is 0. The van der Waals surface area contributed by atoms with Gasteiger partial charge in [-0.25, -0.2) is 0 Å². The van der Waals surface area contributed by atoms with Crippen molar-refractivity contribution in [1.29, 1.82) is 0 Å². The molecule has 10 heteroatoms. The Hall–Kier alpha value is -2.42. The third kappa shape index (κ3) is 2.87. The van der Waals surface area contributed by atoms with Crippen LogP contribution in [0, 0.1) is 33.6 Å². The summed E-state index contributed by atoms with van der Waals surface area (Å²) in [5.41, 5.74) is -0.495. The van der Waals surface area contributed by atoms with Gasteiger partial charge in [-0.1, -0.05) is 11.6 Å². The molecule has 0 unspecified atom stereocenters. The fourth-order valence-corrected chi connectivity index (χ4v) is 1.51. The second kappa shape index (κ2) is 5.52. The van der Waals surface area contributed by atoms with Crippen molar-refractivity contribution in [2.75, 3.05) is 0 Å². The molecule has 0 saturated heterocycles. The number of halogens is 5. The topological polar surface area (TPSA) is 65.3 Å². The van der Waals surface area contributed by atoms with Gasteiger partial charge in [0.1, 0.15) is 0 Å². The number of rotatable bonds is 3. The van der Waals surface area contributed by atoms with Gasteiger partial charge in [-0.05, 0) is 6.07 Å². The zero-order valence-corrected chi connectivity index (χ0v) is 10.5. The van der Waals surface area contributed by atoms with E-state index in [-0.39, 0.29) is 5.02 Å². The molecule has 0 aliphatic heterocycles. The third-order valence-corrected chi connectivity index (χ3v) is 2.61. The Bertz CT molecular complexity index is 716. The quantitative estimate of drug-likeness (QED) is 0.371. The van der Waals surface area contributed by atoms with E-state index in [1.807, 2.05) is 0 Å². The predicted molar refractivity (Wildman–Crippen MR) is 62.2 cm³/mol. The SMILES string of the molecule is O=[N+]([O-])c1ccc(Cl)c(Oc2c(F)c(F)nc(F)c2F)c1. The molecule has 0 aliphatic carbocycles. The number of nitro groups is 1. The molecule has 0 saturated carbocycles. The molecule has 2 aromatic rings. The number of ether oxygens (including phenoxy) is 1. The lowest BCUT2D eigenvalue weighted by molar-refractivity contribution is -0.384. The molecule has 1 heterocycles. The van der Waals surface area contributed by atoms with E-state index in [1.54, 1.807) is 0 Å². The van der Waals surface area contributed by atoms with Crippen LogP contribution < -0.4 is 4.74 Å². The van der Waals surface area contributed by atoms with Gasteiger partial charge in [-0.2, -0.15) is 22.5 Å². The molecule has 21 heavy (non-hydrogen) atoms. The van der Waals surface area contributed by atoms with Gasteiger partial charge in [0.05, 0.1) is 16.0 Å². The van der Waals surface area contributed by atoms with Crippen LogP contribution in [-0.4, -0.2) is 9.91 Å². The fraction of sp³-hybridized carbons (Fsp3) is 0. The molecule has 2 rings (SSSR count). The molecule has 0 atom stereocenters. The van der Waals surface area contributed by atoms with Gasteiger partial charge in [-0.15, -0.1) is 0 Å². The Labute approximate surface area is 118 Å². The minimum Gasteiger partial charge on any atom is -0.449 e. The predicted octanol–water partition coefficient (Wildman–Crippen LogP) is 3.99. The largest absolute Gasteiger partial charge is 0.449 e. The highest BCUT2D eigenvalue weighted by Crippen LogP contribution is 2.35. The first kappa shape index (κ1) is 15.0. The molecule has 0 bridgehead atoms. The molecule has 110 valence electrons. The standard InChI is InChI=1S/C11H3ClF4N2O3/c12-5-2-1-4(18(19)20)3-6(5)21-9-7(13)10(15)17-11(16)8(9)14/h1-3H. The van der Waals surface area contributed by atoms with Gasteiger partial charge >= 0.3 is 0 Å². The number of pyridine rings is 1. The van der Waals surface area contributed by atoms with Gasteiger partial charge in [0, 0.05) is 6.07 Å². The molecule has 5 nitrogen and oxygen atoms in total. The van der Waals surface area contributed by atoms with Gasteiger partial charge in [0.25, 0.3) is 17.6 Å². The van der Waals surface area contributed by atoms with E-state index in [0.29, 0.717) is 0 Å². The van der Waals surface area contributed by atoms with Crippen molar-refractivity contribution >= 4 is 17.3 Å². The number of hydrogen-bond acceptors (Lipinski definition) is 4. The maximum absolute atomic E-state index is 13.4. The maximum atomic E-state index is 13.4. The van der Waals surface area contributed by atoms with Crippen molar-refractivity contribution in [1.82, 2.24) is 4.98 Å². The van der Waals surface area contributed by atoms with E-state index in [4.69, 9.17) is 11.6 Å². The molecule has 1 aromatic carbocycles. The molecular weight excluding hydrogens is 320 g/mol. The number of non-ortho nitro benzene ring substituents is 1. The summed E-state index contributed by atoms with van der Waals surface area (Å²) < 4.78 is 57.2. The van der Waals surface area contributed by atoms with Gasteiger partial charge < -0.3 is 4.74 Å². The van der Waals surface area contributed by atoms with Gasteiger partial charge in [0.15, 0.2) is 5.75 Å². The van der Waals surface area contributed by atoms with Crippen molar-refractivity contribution < 1.29 is 27.2 Å². The molecule has 0 N–H and O–H groups in total. The number of nitro benzene ring substituents is 1.